The number of anilines is 2. The quantitative estimate of drug-likeness (QED) is 0.589. The largest absolute Gasteiger partial charge is 0.508 e. The first kappa shape index (κ1) is 14.1. The predicted octanol–water partition coefficient (Wildman–Crippen LogP) is 3.16. The lowest BCUT2D eigenvalue weighted by atomic mass is 10.1. The van der Waals surface area contributed by atoms with Crippen LogP contribution < -0.4 is 11.1 Å². The SMILES string of the molecule is Nc1ccc(O)cc1C(=O)Nc1c(F)cc(F)cc1Cl. The number of carbonyl (C=O) groups excluding carboxylic acids is 1. The van der Waals surface area contributed by atoms with E-state index in [1.54, 1.807) is 0 Å². The van der Waals surface area contributed by atoms with Crippen molar-refractivity contribution in [2.75, 3.05) is 11.1 Å². The molecular weight excluding hydrogens is 290 g/mol. The molecule has 0 aliphatic carbocycles. The molecule has 0 saturated heterocycles. The fourth-order valence-corrected chi connectivity index (χ4v) is 1.83. The summed E-state index contributed by atoms with van der Waals surface area (Å²) in [5, 5.41) is 11.2. The minimum Gasteiger partial charge on any atom is -0.508 e. The van der Waals surface area contributed by atoms with Crippen molar-refractivity contribution in [3.05, 3.63) is 52.6 Å². The number of rotatable bonds is 2. The molecule has 2 aromatic rings. The number of halogens is 3. The Balaban J connectivity index is 2.35. The average Bonchev–Trinajstić information content (AvgIpc) is 2.36. The Bertz CT molecular complexity index is 669. The highest BCUT2D eigenvalue weighted by atomic mass is 35.5. The first-order chi connectivity index (χ1) is 9.38. The van der Waals surface area contributed by atoms with Crippen LogP contribution in [0.4, 0.5) is 20.2 Å². The number of carbonyl (C=O) groups is 1. The van der Waals surface area contributed by atoms with Crippen molar-refractivity contribution in [3.8, 4) is 5.75 Å². The Labute approximate surface area is 117 Å². The lowest BCUT2D eigenvalue weighted by Gasteiger charge is -2.10. The number of aromatic hydroxyl groups is 1. The van der Waals surface area contributed by atoms with Gasteiger partial charge in [0.05, 0.1) is 16.3 Å². The summed E-state index contributed by atoms with van der Waals surface area (Å²) in [6, 6.07) is 5.21. The second kappa shape index (κ2) is 5.34. The Morgan fingerprint density at radius 3 is 2.60 bits per heavy atom. The monoisotopic (exact) mass is 298 g/mol. The number of phenols is 1. The minimum atomic E-state index is -1.01. The summed E-state index contributed by atoms with van der Waals surface area (Å²) in [5.41, 5.74) is 5.27. The third-order valence-corrected chi connectivity index (χ3v) is 2.83. The molecule has 0 aromatic heterocycles. The fraction of sp³-hybridized carbons (Fsp3) is 0. The third kappa shape index (κ3) is 2.80. The van der Waals surface area contributed by atoms with Crippen molar-refractivity contribution in [2.24, 2.45) is 0 Å². The zero-order valence-electron chi connectivity index (χ0n) is 9.95. The van der Waals surface area contributed by atoms with E-state index in [0.717, 1.165) is 12.1 Å². The lowest BCUT2D eigenvalue weighted by Crippen LogP contribution is -2.15. The van der Waals surface area contributed by atoms with Crippen LogP contribution in [0.3, 0.4) is 0 Å². The molecule has 0 spiro atoms. The van der Waals surface area contributed by atoms with E-state index in [1.807, 2.05) is 0 Å². The van der Waals surface area contributed by atoms with Gasteiger partial charge in [0.15, 0.2) is 5.82 Å². The van der Waals surface area contributed by atoms with Gasteiger partial charge in [-0.25, -0.2) is 8.78 Å². The van der Waals surface area contributed by atoms with Gasteiger partial charge in [-0.05, 0) is 24.3 Å². The van der Waals surface area contributed by atoms with Crippen molar-refractivity contribution >= 4 is 28.9 Å². The second-order valence-corrected chi connectivity index (χ2v) is 4.38. The number of nitrogens with one attached hydrogen (secondary N) is 1. The molecule has 2 aromatic carbocycles. The smallest absolute Gasteiger partial charge is 0.258 e. The molecule has 0 saturated carbocycles. The highest BCUT2D eigenvalue weighted by Crippen LogP contribution is 2.28. The van der Waals surface area contributed by atoms with Crippen LogP contribution in [0, 0.1) is 11.6 Å². The molecule has 4 N–H and O–H groups in total. The number of amides is 1. The topological polar surface area (TPSA) is 75.3 Å². The maximum Gasteiger partial charge on any atom is 0.258 e. The standard InChI is InChI=1S/C13H9ClF2N2O2/c14-9-3-6(15)4-10(16)12(9)18-13(20)8-5-7(19)1-2-11(8)17/h1-5,19H,17H2,(H,18,20). The molecule has 1 amide bonds. The van der Waals surface area contributed by atoms with Gasteiger partial charge in [0.1, 0.15) is 11.6 Å². The first-order valence-electron chi connectivity index (χ1n) is 5.43. The number of nitrogens with two attached hydrogens (primary N) is 1. The van der Waals surface area contributed by atoms with Crippen molar-refractivity contribution in [1.82, 2.24) is 0 Å². The van der Waals surface area contributed by atoms with Crippen LogP contribution in [0.5, 0.6) is 5.75 Å². The summed E-state index contributed by atoms with van der Waals surface area (Å²) < 4.78 is 26.4. The molecule has 0 heterocycles. The molecule has 0 atom stereocenters. The minimum absolute atomic E-state index is 0.0511. The highest BCUT2D eigenvalue weighted by molar-refractivity contribution is 6.34. The Kier molecular flexibility index (Phi) is 3.76. The van der Waals surface area contributed by atoms with Crippen LogP contribution in [0.2, 0.25) is 5.02 Å². The van der Waals surface area contributed by atoms with E-state index in [2.05, 4.69) is 5.32 Å². The molecule has 0 bridgehead atoms. The van der Waals surface area contributed by atoms with E-state index in [0.29, 0.717) is 6.07 Å². The summed E-state index contributed by atoms with van der Waals surface area (Å²) in [5.74, 6) is -2.81. The molecule has 20 heavy (non-hydrogen) atoms. The Morgan fingerprint density at radius 1 is 1.25 bits per heavy atom. The molecule has 0 unspecified atom stereocenters. The van der Waals surface area contributed by atoms with Crippen molar-refractivity contribution in [2.45, 2.75) is 0 Å². The van der Waals surface area contributed by atoms with Gasteiger partial charge in [0.2, 0.25) is 0 Å². The van der Waals surface area contributed by atoms with E-state index in [-0.39, 0.29) is 27.7 Å². The van der Waals surface area contributed by atoms with E-state index in [4.69, 9.17) is 17.3 Å². The van der Waals surface area contributed by atoms with Crippen LogP contribution in [0.15, 0.2) is 30.3 Å². The molecule has 4 nitrogen and oxygen atoms in total. The number of phenolic OH excluding ortho intramolecular Hbond substituents is 1. The second-order valence-electron chi connectivity index (χ2n) is 3.97. The molecule has 2 rings (SSSR count). The Morgan fingerprint density at radius 2 is 1.95 bits per heavy atom. The normalized spacial score (nSPS) is 10.3. The van der Waals surface area contributed by atoms with Crippen LogP contribution >= 0.6 is 11.6 Å². The van der Waals surface area contributed by atoms with Crippen molar-refractivity contribution in [1.29, 1.82) is 0 Å². The van der Waals surface area contributed by atoms with Gasteiger partial charge in [-0.2, -0.15) is 0 Å². The molecular formula is C13H9ClF2N2O2. The van der Waals surface area contributed by atoms with Gasteiger partial charge in [-0.1, -0.05) is 11.6 Å². The van der Waals surface area contributed by atoms with Crippen LogP contribution in [0.25, 0.3) is 0 Å². The average molecular weight is 299 g/mol. The van der Waals surface area contributed by atoms with Gasteiger partial charge in [0, 0.05) is 11.8 Å². The zero-order valence-corrected chi connectivity index (χ0v) is 10.7. The van der Waals surface area contributed by atoms with Gasteiger partial charge < -0.3 is 16.2 Å². The highest BCUT2D eigenvalue weighted by Gasteiger charge is 2.16. The number of nitrogen functional groups attached to an aromatic ring is 1. The van der Waals surface area contributed by atoms with Gasteiger partial charge in [-0.15, -0.1) is 0 Å². The van der Waals surface area contributed by atoms with E-state index >= 15 is 0 Å². The number of hydrogen-bond donors (Lipinski definition) is 3. The number of benzene rings is 2. The summed E-state index contributed by atoms with van der Waals surface area (Å²) in [6.07, 6.45) is 0. The van der Waals surface area contributed by atoms with Crippen LogP contribution in [0.1, 0.15) is 10.4 Å². The summed E-state index contributed by atoms with van der Waals surface area (Å²) >= 11 is 5.66. The molecule has 0 aliphatic heterocycles. The summed E-state index contributed by atoms with van der Waals surface area (Å²) in [7, 11) is 0. The van der Waals surface area contributed by atoms with Crippen molar-refractivity contribution in [3.63, 3.8) is 0 Å². The number of hydrogen-bond acceptors (Lipinski definition) is 3. The summed E-state index contributed by atoms with van der Waals surface area (Å²) in [6.45, 7) is 0. The summed E-state index contributed by atoms with van der Waals surface area (Å²) in [4.78, 5) is 12.0. The molecule has 0 aliphatic rings. The van der Waals surface area contributed by atoms with Gasteiger partial charge in [-0.3, -0.25) is 4.79 Å². The van der Waals surface area contributed by atoms with Crippen LogP contribution in [-0.2, 0) is 0 Å². The van der Waals surface area contributed by atoms with E-state index < -0.39 is 17.5 Å². The first-order valence-corrected chi connectivity index (χ1v) is 5.80. The maximum atomic E-state index is 13.5. The van der Waals surface area contributed by atoms with E-state index in [1.165, 1.54) is 12.1 Å². The van der Waals surface area contributed by atoms with Crippen molar-refractivity contribution < 1.29 is 18.7 Å². The third-order valence-electron chi connectivity index (χ3n) is 2.53. The predicted molar refractivity (Wildman–Crippen MR) is 71.8 cm³/mol. The maximum absolute atomic E-state index is 13.5. The van der Waals surface area contributed by atoms with E-state index in [9.17, 15) is 18.7 Å². The van der Waals surface area contributed by atoms with Gasteiger partial charge >= 0.3 is 0 Å². The Hall–Kier alpha value is -2.34. The molecule has 7 heteroatoms. The van der Waals surface area contributed by atoms with Crippen LogP contribution in [-0.4, -0.2) is 11.0 Å². The lowest BCUT2D eigenvalue weighted by molar-refractivity contribution is 0.102. The molecule has 104 valence electrons. The molecule has 0 radical (unpaired) electrons. The van der Waals surface area contributed by atoms with Gasteiger partial charge in [0.25, 0.3) is 5.91 Å². The fourth-order valence-electron chi connectivity index (χ4n) is 1.58. The molecule has 0 fully saturated rings. The zero-order chi connectivity index (χ0) is 14.9.